The number of hydrogen-bond donors (Lipinski definition) is 1. The van der Waals surface area contributed by atoms with Crippen molar-refractivity contribution in [2.45, 2.75) is 6.10 Å². The van der Waals surface area contributed by atoms with Crippen molar-refractivity contribution >= 4 is 50.5 Å². The first kappa shape index (κ1) is 12.4. The minimum atomic E-state index is -0.835. The lowest BCUT2D eigenvalue weighted by Crippen LogP contribution is -2.06. The van der Waals surface area contributed by atoms with Gasteiger partial charge in [-0.2, -0.15) is 5.10 Å². The van der Waals surface area contributed by atoms with Gasteiger partial charge in [0, 0.05) is 12.6 Å². The second-order valence-corrected chi connectivity index (χ2v) is 6.32. The highest BCUT2D eigenvalue weighted by molar-refractivity contribution is 9.10. The van der Waals surface area contributed by atoms with Crippen LogP contribution in [0.3, 0.4) is 0 Å². The molecule has 16 heavy (non-hydrogen) atoms. The van der Waals surface area contributed by atoms with Gasteiger partial charge in [0.15, 0.2) is 0 Å². The van der Waals surface area contributed by atoms with E-state index in [4.69, 9.17) is 23.2 Å². The van der Waals surface area contributed by atoms with E-state index in [1.54, 1.807) is 24.0 Å². The minimum absolute atomic E-state index is 0.491. The van der Waals surface area contributed by atoms with E-state index in [9.17, 15) is 5.11 Å². The van der Waals surface area contributed by atoms with Crippen LogP contribution in [-0.4, -0.2) is 14.9 Å². The Morgan fingerprint density at radius 1 is 1.56 bits per heavy atom. The molecule has 0 spiro atoms. The van der Waals surface area contributed by atoms with Crippen molar-refractivity contribution in [2.75, 3.05) is 0 Å². The predicted molar refractivity (Wildman–Crippen MR) is 69.3 cm³/mol. The first-order chi connectivity index (χ1) is 7.50. The van der Waals surface area contributed by atoms with E-state index in [2.05, 4.69) is 21.0 Å². The molecule has 1 unspecified atom stereocenters. The summed E-state index contributed by atoms with van der Waals surface area (Å²) in [6, 6.07) is 1.67. The summed E-state index contributed by atoms with van der Waals surface area (Å²) in [4.78, 5) is 0. The number of thiophene rings is 1. The van der Waals surface area contributed by atoms with Gasteiger partial charge in [0.2, 0.25) is 0 Å². The number of nitrogens with zero attached hydrogens (tertiary/aromatic N) is 2. The molecule has 2 heterocycles. The Balaban J connectivity index is 2.46. The fraction of sp³-hybridized carbons (Fsp3) is 0.222. The molecule has 1 atom stereocenters. The minimum Gasteiger partial charge on any atom is -0.382 e. The molecule has 2 aromatic rings. The number of aromatic nitrogens is 2. The smallest absolute Gasteiger partial charge is 0.124 e. The molecule has 0 aromatic carbocycles. The van der Waals surface area contributed by atoms with Gasteiger partial charge in [-0.05, 0) is 22.0 Å². The van der Waals surface area contributed by atoms with Gasteiger partial charge in [0.25, 0.3) is 0 Å². The number of aliphatic hydroxyl groups is 1. The zero-order chi connectivity index (χ0) is 11.9. The summed E-state index contributed by atoms with van der Waals surface area (Å²) in [6.45, 7) is 0. The van der Waals surface area contributed by atoms with Gasteiger partial charge in [0.05, 0.1) is 20.7 Å². The van der Waals surface area contributed by atoms with Crippen LogP contribution in [0.5, 0.6) is 0 Å². The Hall–Kier alpha value is -0.0700. The lowest BCUT2D eigenvalue weighted by molar-refractivity contribution is 0.209. The van der Waals surface area contributed by atoms with Crippen LogP contribution in [0.4, 0.5) is 0 Å². The Morgan fingerprint density at radius 3 is 2.69 bits per heavy atom. The average Bonchev–Trinajstić information content (AvgIpc) is 2.70. The second kappa shape index (κ2) is 4.66. The maximum Gasteiger partial charge on any atom is 0.124 e. The van der Waals surface area contributed by atoms with Gasteiger partial charge >= 0.3 is 0 Å². The summed E-state index contributed by atoms with van der Waals surface area (Å²) in [5.74, 6) is 0. The second-order valence-electron chi connectivity index (χ2n) is 3.18. The van der Waals surface area contributed by atoms with Crippen LogP contribution < -0.4 is 0 Å². The topological polar surface area (TPSA) is 38.0 Å². The maximum atomic E-state index is 10.2. The molecule has 0 saturated heterocycles. The summed E-state index contributed by atoms with van der Waals surface area (Å²) in [5.41, 5.74) is 1.25. The maximum absolute atomic E-state index is 10.2. The number of aliphatic hydroxyl groups excluding tert-OH is 1. The first-order valence-electron chi connectivity index (χ1n) is 4.31. The van der Waals surface area contributed by atoms with Crippen LogP contribution in [0.15, 0.2) is 16.7 Å². The standard InChI is InChI=1S/C9H7BrCl2N2OS/c1-14-7(5(10)3-13-14)8(15)4-2-6(11)16-9(4)12/h2-3,8,15H,1H3. The van der Waals surface area contributed by atoms with Gasteiger partial charge in [0.1, 0.15) is 10.4 Å². The largest absolute Gasteiger partial charge is 0.382 e. The van der Waals surface area contributed by atoms with Gasteiger partial charge in [-0.15, -0.1) is 11.3 Å². The van der Waals surface area contributed by atoms with Gasteiger partial charge in [-0.25, -0.2) is 0 Å². The molecule has 3 nitrogen and oxygen atoms in total. The van der Waals surface area contributed by atoms with Crippen molar-refractivity contribution in [3.8, 4) is 0 Å². The van der Waals surface area contributed by atoms with Crippen molar-refractivity contribution in [2.24, 2.45) is 7.05 Å². The normalized spacial score (nSPS) is 13.1. The van der Waals surface area contributed by atoms with Crippen molar-refractivity contribution in [1.82, 2.24) is 9.78 Å². The zero-order valence-corrected chi connectivity index (χ0v) is 12.0. The van der Waals surface area contributed by atoms with E-state index in [1.807, 2.05) is 0 Å². The van der Waals surface area contributed by atoms with Crippen molar-refractivity contribution in [1.29, 1.82) is 0 Å². The van der Waals surface area contributed by atoms with Crippen LogP contribution in [0.25, 0.3) is 0 Å². The highest BCUT2D eigenvalue weighted by Crippen LogP contribution is 2.38. The molecule has 0 radical (unpaired) electrons. The number of halogens is 3. The molecule has 2 aromatic heterocycles. The number of aryl methyl sites for hydroxylation is 1. The summed E-state index contributed by atoms with van der Waals surface area (Å²) >= 11 is 16.4. The Morgan fingerprint density at radius 2 is 2.25 bits per heavy atom. The van der Waals surface area contributed by atoms with E-state index in [0.29, 0.717) is 19.9 Å². The fourth-order valence-corrected chi connectivity index (χ4v) is 3.50. The molecule has 0 aliphatic rings. The third-order valence-electron chi connectivity index (χ3n) is 2.17. The molecule has 0 aliphatic heterocycles. The predicted octanol–water partition coefficient (Wildman–Crippen LogP) is 3.63. The van der Waals surface area contributed by atoms with Gasteiger partial charge in [-0.1, -0.05) is 23.2 Å². The molecular formula is C9H7BrCl2N2OS. The lowest BCUT2D eigenvalue weighted by Gasteiger charge is -2.10. The Kier molecular flexibility index (Phi) is 3.61. The van der Waals surface area contributed by atoms with E-state index in [0.717, 1.165) is 4.47 Å². The highest BCUT2D eigenvalue weighted by Gasteiger charge is 2.22. The number of rotatable bonds is 2. The van der Waals surface area contributed by atoms with Gasteiger partial charge in [-0.3, -0.25) is 4.68 Å². The molecule has 7 heteroatoms. The molecular weight excluding hydrogens is 335 g/mol. The van der Waals surface area contributed by atoms with Crippen LogP contribution in [0, 0.1) is 0 Å². The lowest BCUT2D eigenvalue weighted by atomic mass is 10.1. The van der Waals surface area contributed by atoms with E-state index >= 15 is 0 Å². The molecule has 2 rings (SSSR count). The molecule has 0 fully saturated rings. The van der Waals surface area contributed by atoms with Gasteiger partial charge < -0.3 is 5.11 Å². The van der Waals surface area contributed by atoms with Crippen molar-refractivity contribution < 1.29 is 5.11 Å². The molecule has 1 N–H and O–H groups in total. The van der Waals surface area contributed by atoms with Crippen LogP contribution >= 0.6 is 50.5 Å². The van der Waals surface area contributed by atoms with Crippen LogP contribution in [-0.2, 0) is 7.05 Å². The summed E-state index contributed by atoms with van der Waals surface area (Å²) < 4.78 is 3.38. The summed E-state index contributed by atoms with van der Waals surface area (Å²) in [6.07, 6.45) is 0.790. The molecule has 0 amide bonds. The Bertz CT molecular complexity index is 506. The molecule has 0 saturated carbocycles. The zero-order valence-electron chi connectivity index (χ0n) is 8.12. The summed E-state index contributed by atoms with van der Waals surface area (Å²) in [5, 5.41) is 14.2. The highest BCUT2D eigenvalue weighted by atomic mass is 79.9. The molecule has 0 bridgehead atoms. The average molecular weight is 342 g/mol. The fourth-order valence-electron chi connectivity index (χ4n) is 1.41. The molecule has 0 aliphatic carbocycles. The van der Waals surface area contributed by atoms with E-state index in [-0.39, 0.29) is 0 Å². The third kappa shape index (κ3) is 2.15. The van der Waals surface area contributed by atoms with Crippen LogP contribution in [0.1, 0.15) is 17.4 Å². The van der Waals surface area contributed by atoms with Crippen molar-refractivity contribution in [3.63, 3.8) is 0 Å². The van der Waals surface area contributed by atoms with Crippen molar-refractivity contribution in [3.05, 3.63) is 36.7 Å². The molecule has 86 valence electrons. The number of hydrogen-bond acceptors (Lipinski definition) is 3. The first-order valence-corrected chi connectivity index (χ1v) is 6.67. The monoisotopic (exact) mass is 340 g/mol. The van der Waals surface area contributed by atoms with E-state index in [1.165, 1.54) is 11.3 Å². The quantitative estimate of drug-likeness (QED) is 0.905. The third-order valence-corrected chi connectivity index (χ3v) is 4.30. The SMILES string of the molecule is Cn1ncc(Br)c1C(O)c1cc(Cl)sc1Cl. The Labute approximate surface area is 115 Å². The van der Waals surface area contributed by atoms with Crippen LogP contribution in [0.2, 0.25) is 8.67 Å². The van der Waals surface area contributed by atoms with E-state index < -0.39 is 6.10 Å². The summed E-state index contributed by atoms with van der Waals surface area (Å²) in [7, 11) is 1.76.